The van der Waals surface area contributed by atoms with E-state index in [1.54, 1.807) is 0 Å². The molecule has 1 fully saturated rings. The highest BCUT2D eigenvalue weighted by molar-refractivity contribution is 5.95. The lowest BCUT2D eigenvalue weighted by Crippen LogP contribution is -2.50. The maximum Gasteiger partial charge on any atom is 0.138 e. The van der Waals surface area contributed by atoms with Crippen LogP contribution >= 0.6 is 0 Å². The van der Waals surface area contributed by atoms with Crippen molar-refractivity contribution in [2.75, 3.05) is 31.6 Å². The van der Waals surface area contributed by atoms with Crippen molar-refractivity contribution in [2.45, 2.75) is 38.5 Å². The molecule has 6 heteroatoms. The molecule has 1 atom stereocenters. The summed E-state index contributed by atoms with van der Waals surface area (Å²) in [4.78, 5) is 9.63. The second-order valence-corrected chi connectivity index (χ2v) is 12.6. The van der Waals surface area contributed by atoms with Gasteiger partial charge in [-0.05, 0) is 74.8 Å². The molecule has 2 aromatic heterocycles. The third-order valence-corrected chi connectivity index (χ3v) is 9.22. The van der Waals surface area contributed by atoms with Crippen LogP contribution in [0.2, 0.25) is 0 Å². The number of hydrogen-bond donors (Lipinski definition) is 0. The molecule has 232 valence electrons. The normalized spacial score (nSPS) is 15.8. The monoisotopic (exact) mass is 607 g/mol. The summed E-state index contributed by atoms with van der Waals surface area (Å²) >= 11 is 0. The average molecular weight is 608 g/mol. The highest BCUT2D eigenvalue weighted by Gasteiger charge is 2.41. The van der Waals surface area contributed by atoms with Crippen LogP contribution in [0.3, 0.4) is 0 Å². The first-order chi connectivity index (χ1) is 22.4. The fraction of sp³-hybridized carbons (Fsp3) is 0.250. The molecule has 1 aliphatic heterocycles. The molecule has 0 aliphatic carbocycles. The Morgan fingerprint density at radius 2 is 1.37 bits per heavy atom. The minimum Gasteiger partial charge on any atom is -0.491 e. The van der Waals surface area contributed by atoms with Crippen molar-refractivity contribution in [3.63, 3.8) is 0 Å². The van der Waals surface area contributed by atoms with Gasteiger partial charge in [0.2, 0.25) is 0 Å². The molecule has 0 spiro atoms. The van der Waals surface area contributed by atoms with E-state index in [0.717, 1.165) is 70.1 Å². The van der Waals surface area contributed by atoms with Crippen LogP contribution < -0.4 is 9.64 Å². The summed E-state index contributed by atoms with van der Waals surface area (Å²) in [7, 11) is 2.19. The Kier molecular flexibility index (Phi) is 8.05. The average Bonchev–Trinajstić information content (AvgIpc) is 3.47. The second kappa shape index (κ2) is 12.5. The van der Waals surface area contributed by atoms with Crippen molar-refractivity contribution >= 4 is 16.7 Å². The van der Waals surface area contributed by atoms with Gasteiger partial charge < -0.3 is 14.5 Å². The predicted octanol–water partition coefficient (Wildman–Crippen LogP) is 7.87. The number of hydrogen-bond acceptors (Lipinski definition) is 5. The van der Waals surface area contributed by atoms with E-state index in [-0.39, 0.29) is 6.10 Å². The number of nitrogens with zero attached hydrogens (tertiary/aromatic N) is 5. The van der Waals surface area contributed by atoms with E-state index in [4.69, 9.17) is 14.8 Å². The van der Waals surface area contributed by atoms with Gasteiger partial charge >= 0.3 is 0 Å². The predicted molar refractivity (Wildman–Crippen MR) is 188 cm³/mol. The number of rotatable bonds is 8. The van der Waals surface area contributed by atoms with E-state index in [0.29, 0.717) is 6.04 Å². The Hall–Kier alpha value is -4.94. The first-order valence-corrected chi connectivity index (χ1v) is 16.2. The summed E-state index contributed by atoms with van der Waals surface area (Å²) < 4.78 is 8.47. The van der Waals surface area contributed by atoms with Crippen molar-refractivity contribution in [1.82, 2.24) is 19.7 Å². The smallest absolute Gasteiger partial charge is 0.138 e. The number of piperazine rings is 1. The molecule has 6 aromatic rings. The van der Waals surface area contributed by atoms with Gasteiger partial charge in [0.25, 0.3) is 0 Å². The van der Waals surface area contributed by atoms with Crippen LogP contribution in [0.4, 0.5) is 5.82 Å². The molecular formula is C40H41N5O. The fourth-order valence-corrected chi connectivity index (χ4v) is 6.81. The second-order valence-electron chi connectivity index (χ2n) is 12.6. The van der Waals surface area contributed by atoms with Gasteiger partial charge in [-0.15, -0.1) is 0 Å². The lowest BCUT2D eigenvalue weighted by Gasteiger charge is -2.38. The zero-order valence-corrected chi connectivity index (χ0v) is 27.0. The molecule has 0 N–H and O–H groups in total. The third-order valence-electron chi connectivity index (χ3n) is 9.22. The van der Waals surface area contributed by atoms with Gasteiger partial charge in [-0.25, -0.2) is 9.67 Å². The van der Waals surface area contributed by atoms with Crippen LogP contribution in [0.5, 0.6) is 5.75 Å². The van der Waals surface area contributed by atoms with Crippen LogP contribution in [-0.2, 0) is 5.54 Å². The number of ether oxygens (including phenoxy) is 1. The number of aromatic nitrogens is 3. The van der Waals surface area contributed by atoms with Gasteiger partial charge in [0.15, 0.2) is 0 Å². The van der Waals surface area contributed by atoms with Gasteiger partial charge in [-0.2, -0.15) is 5.10 Å². The van der Waals surface area contributed by atoms with Crippen LogP contribution in [0.25, 0.3) is 22.2 Å². The molecule has 0 amide bonds. The molecule has 46 heavy (non-hydrogen) atoms. The van der Waals surface area contributed by atoms with Crippen LogP contribution in [-0.4, -0.2) is 58.5 Å². The van der Waals surface area contributed by atoms with Crippen molar-refractivity contribution in [3.8, 4) is 17.0 Å². The number of pyridine rings is 1. The summed E-state index contributed by atoms with van der Waals surface area (Å²) in [6.07, 6.45) is 1.98. The van der Waals surface area contributed by atoms with E-state index in [9.17, 15) is 0 Å². The Morgan fingerprint density at radius 1 is 0.761 bits per heavy atom. The maximum atomic E-state index is 6.24. The molecule has 0 bridgehead atoms. The van der Waals surface area contributed by atoms with E-state index >= 15 is 0 Å². The minimum atomic E-state index is -0.747. The Labute approximate surface area is 271 Å². The van der Waals surface area contributed by atoms with Crippen molar-refractivity contribution in [1.29, 1.82) is 0 Å². The molecule has 1 saturated heterocycles. The molecule has 0 radical (unpaired) electrons. The summed E-state index contributed by atoms with van der Waals surface area (Å²) in [5.74, 6) is 1.81. The molecule has 1 aliphatic rings. The van der Waals surface area contributed by atoms with E-state index in [2.05, 4.69) is 164 Å². The van der Waals surface area contributed by atoms with Crippen LogP contribution in [0.15, 0.2) is 128 Å². The zero-order valence-electron chi connectivity index (χ0n) is 27.0. The van der Waals surface area contributed by atoms with Gasteiger partial charge in [-0.3, -0.25) is 0 Å². The standard InChI is InChI=1S/C40H41N5O/c1-29(2)46-35-20-21-37-36(27-35)39(31-22-23-41-38(26-31)44-25-24-43(4)30(3)28-44)42-45(37)40(32-14-8-5-9-15-32,33-16-10-6-11-17-33)34-18-12-7-13-19-34/h5-23,26-27,29-30H,24-25,28H2,1-4H3. The Bertz CT molecular complexity index is 1820. The number of likely N-dealkylation sites (N-methyl/N-ethyl adjacent to an activating group) is 1. The van der Waals surface area contributed by atoms with Crippen molar-refractivity contribution in [3.05, 3.63) is 144 Å². The van der Waals surface area contributed by atoms with Gasteiger partial charge in [0.1, 0.15) is 22.8 Å². The number of anilines is 1. The van der Waals surface area contributed by atoms with Crippen LogP contribution in [0, 0.1) is 0 Å². The summed E-state index contributed by atoms with van der Waals surface area (Å²) in [5.41, 5.74) is 5.61. The van der Waals surface area contributed by atoms with E-state index in [1.807, 2.05) is 6.20 Å². The van der Waals surface area contributed by atoms with Gasteiger partial charge in [-0.1, -0.05) is 91.0 Å². The van der Waals surface area contributed by atoms with Crippen LogP contribution in [0.1, 0.15) is 37.5 Å². The van der Waals surface area contributed by atoms with Gasteiger partial charge in [0, 0.05) is 42.8 Å². The van der Waals surface area contributed by atoms with Gasteiger partial charge in [0.05, 0.1) is 11.6 Å². The number of fused-ring (bicyclic) bond motifs is 1. The lowest BCUT2D eigenvalue weighted by atomic mass is 9.77. The fourth-order valence-electron chi connectivity index (χ4n) is 6.81. The highest BCUT2D eigenvalue weighted by atomic mass is 16.5. The SMILES string of the molecule is CC(C)Oc1ccc2c(c1)c(-c1ccnc(N3CCN(C)C(C)C3)c1)nn2C(c1ccccc1)(c1ccccc1)c1ccccc1. The van der Waals surface area contributed by atoms with Crippen molar-refractivity contribution < 1.29 is 4.74 Å². The van der Waals surface area contributed by atoms with E-state index in [1.165, 1.54) is 0 Å². The lowest BCUT2D eigenvalue weighted by molar-refractivity contribution is 0.233. The molecule has 7 rings (SSSR count). The molecular weight excluding hydrogens is 566 g/mol. The number of benzene rings is 4. The highest BCUT2D eigenvalue weighted by Crippen LogP contribution is 2.44. The first-order valence-electron chi connectivity index (χ1n) is 16.2. The summed E-state index contributed by atoms with van der Waals surface area (Å²) in [5, 5.41) is 6.64. The quantitative estimate of drug-likeness (QED) is 0.165. The Morgan fingerprint density at radius 3 is 1.93 bits per heavy atom. The Balaban J connectivity index is 1.52. The molecule has 6 nitrogen and oxygen atoms in total. The topological polar surface area (TPSA) is 46.4 Å². The van der Waals surface area contributed by atoms with E-state index < -0.39 is 5.54 Å². The molecule has 1 unspecified atom stereocenters. The summed E-state index contributed by atoms with van der Waals surface area (Å²) in [6.45, 7) is 9.29. The molecule has 0 saturated carbocycles. The summed E-state index contributed by atoms with van der Waals surface area (Å²) in [6, 6.07) is 43.3. The third kappa shape index (κ3) is 5.33. The zero-order chi connectivity index (χ0) is 31.7. The largest absolute Gasteiger partial charge is 0.491 e. The molecule has 4 aromatic carbocycles. The maximum absolute atomic E-state index is 6.24. The first kappa shape index (κ1) is 29.8. The van der Waals surface area contributed by atoms with Crippen molar-refractivity contribution in [2.24, 2.45) is 0 Å². The minimum absolute atomic E-state index is 0.0553. The molecule has 3 heterocycles.